The number of aromatic nitrogens is 2. The smallest absolute Gasteiger partial charge is 0.314 e. The topological polar surface area (TPSA) is 134 Å². The van der Waals surface area contributed by atoms with Crippen LogP contribution in [0.1, 0.15) is 16.2 Å². The Morgan fingerprint density at radius 2 is 2.11 bits per heavy atom. The zero-order chi connectivity index (χ0) is 13.5. The van der Waals surface area contributed by atoms with Crippen molar-refractivity contribution in [1.82, 2.24) is 9.78 Å². The molecule has 9 heteroatoms. The number of anilines is 1. The number of nitrogen functional groups attached to an aromatic ring is 1. The maximum atomic E-state index is 11.9. The molecule has 18 heavy (non-hydrogen) atoms. The van der Waals surface area contributed by atoms with E-state index in [1.54, 1.807) is 6.92 Å². The summed E-state index contributed by atoms with van der Waals surface area (Å²) in [7, 11) is -3.98. The predicted octanol–water partition coefficient (Wildman–Crippen LogP) is -0.297. The van der Waals surface area contributed by atoms with Gasteiger partial charge in [-0.1, -0.05) is 0 Å². The van der Waals surface area contributed by atoms with E-state index in [-0.39, 0.29) is 5.76 Å². The van der Waals surface area contributed by atoms with Gasteiger partial charge in [0.2, 0.25) is 5.09 Å². The molecule has 8 nitrogen and oxygen atoms in total. The summed E-state index contributed by atoms with van der Waals surface area (Å²) < 4.78 is 27.9. The standard InChI is InChI=1S/C9H10N4O4S/c1-5-6(10)4-12-13(5)9(14)7-2-3-8(17-7)18(11,15)16/h2-4H,10H2,1H3,(H2,11,15,16). The summed E-state index contributed by atoms with van der Waals surface area (Å²) in [6.45, 7) is 1.60. The normalized spacial score (nSPS) is 11.7. The van der Waals surface area contributed by atoms with Gasteiger partial charge < -0.3 is 10.2 Å². The number of carbonyl (C=O) groups excluding carboxylic acids is 1. The predicted molar refractivity (Wildman–Crippen MR) is 61.2 cm³/mol. The van der Waals surface area contributed by atoms with Gasteiger partial charge in [0, 0.05) is 0 Å². The number of hydrogen-bond acceptors (Lipinski definition) is 6. The van der Waals surface area contributed by atoms with Gasteiger partial charge in [-0.2, -0.15) is 9.78 Å². The van der Waals surface area contributed by atoms with E-state index in [1.807, 2.05) is 0 Å². The minimum Gasteiger partial charge on any atom is -0.438 e. The van der Waals surface area contributed by atoms with Crippen LogP contribution in [0.15, 0.2) is 27.8 Å². The second-order valence-corrected chi connectivity index (χ2v) is 5.06. The Morgan fingerprint density at radius 1 is 1.44 bits per heavy atom. The van der Waals surface area contributed by atoms with Crippen molar-refractivity contribution < 1.29 is 17.6 Å². The summed E-state index contributed by atoms with van der Waals surface area (Å²) in [5.74, 6) is -0.815. The maximum absolute atomic E-state index is 11.9. The maximum Gasteiger partial charge on any atom is 0.314 e. The summed E-state index contributed by atoms with van der Waals surface area (Å²) >= 11 is 0. The molecule has 0 bridgehead atoms. The number of rotatable bonds is 2. The molecule has 2 aromatic rings. The number of primary sulfonamides is 1. The van der Waals surface area contributed by atoms with Gasteiger partial charge in [0.1, 0.15) is 0 Å². The molecule has 2 rings (SSSR count). The van der Waals surface area contributed by atoms with Crippen molar-refractivity contribution in [2.45, 2.75) is 12.0 Å². The first-order valence-corrected chi connectivity index (χ1v) is 6.33. The van der Waals surface area contributed by atoms with Gasteiger partial charge in [-0.05, 0) is 19.1 Å². The molecule has 0 saturated heterocycles. The van der Waals surface area contributed by atoms with Crippen LogP contribution in [0, 0.1) is 6.92 Å². The molecule has 2 heterocycles. The first kappa shape index (κ1) is 12.3. The number of hydrogen-bond donors (Lipinski definition) is 2. The minimum absolute atomic E-state index is 0.190. The van der Waals surface area contributed by atoms with Crippen LogP contribution in [0.25, 0.3) is 0 Å². The van der Waals surface area contributed by atoms with Crippen LogP contribution in [-0.2, 0) is 10.0 Å². The highest BCUT2D eigenvalue weighted by atomic mass is 32.2. The quantitative estimate of drug-likeness (QED) is 0.769. The zero-order valence-corrected chi connectivity index (χ0v) is 10.1. The molecule has 0 radical (unpaired) electrons. The molecule has 4 N–H and O–H groups in total. The van der Waals surface area contributed by atoms with Gasteiger partial charge in [0.05, 0.1) is 17.6 Å². The highest BCUT2D eigenvalue weighted by Crippen LogP contribution is 2.15. The van der Waals surface area contributed by atoms with Crippen LogP contribution in [0.5, 0.6) is 0 Å². The molecular weight excluding hydrogens is 260 g/mol. The number of sulfonamides is 1. The van der Waals surface area contributed by atoms with Gasteiger partial charge >= 0.3 is 5.91 Å². The third-order valence-corrected chi connectivity index (χ3v) is 3.09. The van der Waals surface area contributed by atoms with Crippen LogP contribution in [0.4, 0.5) is 5.69 Å². The Labute approximate surface area is 102 Å². The van der Waals surface area contributed by atoms with Crippen LogP contribution in [0.2, 0.25) is 0 Å². The molecule has 0 saturated carbocycles. The van der Waals surface area contributed by atoms with Crippen molar-refractivity contribution in [3.05, 3.63) is 29.8 Å². The monoisotopic (exact) mass is 270 g/mol. The largest absolute Gasteiger partial charge is 0.438 e. The molecular formula is C9H10N4O4S. The fraction of sp³-hybridized carbons (Fsp3) is 0.111. The Morgan fingerprint density at radius 3 is 2.56 bits per heavy atom. The SMILES string of the molecule is Cc1c(N)cnn1C(=O)c1ccc(S(N)(=O)=O)o1. The van der Waals surface area contributed by atoms with E-state index in [1.165, 1.54) is 12.3 Å². The van der Waals surface area contributed by atoms with Crippen molar-refractivity contribution >= 4 is 21.6 Å². The van der Waals surface area contributed by atoms with E-state index in [0.717, 1.165) is 10.7 Å². The van der Waals surface area contributed by atoms with Crippen molar-refractivity contribution in [3.63, 3.8) is 0 Å². The first-order valence-electron chi connectivity index (χ1n) is 4.78. The van der Waals surface area contributed by atoms with Crippen LogP contribution < -0.4 is 10.9 Å². The molecule has 96 valence electrons. The van der Waals surface area contributed by atoms with Crippen molar-refractivity contribution in [3.8, 4) is 0 Å². The van der Waals surface area contributed by atoms with Gasteiger partial charge in [-0.15, -0.1) is 0 Å². The second kappa shape index (κ2) is 3.96. The molecule has 0 aliphatic heterocycles. The van der Waals surface area contributed by atoms with Crippen molar-refractivity contribution in [1.29, 1.82) is 0 Å². The number of carbonyl (C=O) groups is 1. The lowest BCUT2D eigenvalue weighted by atomic mass is 10.4. The minimum atomic E-state index is -3.98. The van der Waals surface area contributed by atoms with Crippen LogP contribution >= 0.6 is 0 Å². The summed E-state index contributed by atoms with van der Waals surface area (Å²) in [5.41, 5.74) is 6.34. The number of nitrogens with two attached hydrogens (primary N) is 2. The highest BCUT2D eigenvalue weighted by Gasteiger charge is 2.20. The molecule has 0 fully saturated rings. The molecule has 0 aliphatic rings. The lowest BCUT2D eigenvalue weighted by molar-refractivity contribution is 0.0909. The summed E-state index contributed by atoms with van der Waals surface area (Å²) in [6, 6.07) is 2.31. The average Bonchev–Trinajstić information content (AvgIpc) is 2.86. The molecule has 0 aromatic carbocycles. The van der Waals surface area contributed by atoms with Gasteiger partial charge in [0.25, 0.3) is 10.0 Å². The average molecular weight is 270 g/mol. The summed E-state index contributed by atoms with van der Waals surface area (Å²) in [6.07, 6.45) is 1.32. The fourth-order valence-electron chi connectivity index (χ4n) is 1.32. The molecule has 0 atom stereocenters. The van der Waals surface area contributed by atoms with Crippen molar-refractivity contribution in [2.75, 3.05) is 5.73 Å². The zero-order valence-electron chi connectivity index (χ0n) is 9.32. The summed E-state index contributed by atoms with van der Waals surface area (Å²) in [5, 5.41) is 8.15. The molecule has 0 unspecified atom stereocenters. The Bertz CT molecular complexity index is 713. The lowest BCUT2D eigenvalue weighted by Crippen LogP contribution is -2.15. The molecule has 0 spiro atoms. The fourth-order valence-corrected chi connectivity index (χ4v) is 1.78. The Balaban J connectivity index is 2.42. The molecule has 0 aliphatic carbocycles. The van der Waals surface area contributed by atoms with E-state index in [0.29, 0.717) is 11.4 Å². The van der Waals surface area contributed by atoms with Gasteiger partial charge in [-0.3, -0.25) is 4.79 Å². The van der Waals surface area contributed by atoms with Gasteiger partial charge in [0.15, 0.2) is 5.76 Å². The third-order valence-electron chi connectivity index (χ3n) is 2.31. The second-order valence-electron chi connectivity index (χ2n) is 3.57. The third kappa shape index (κ3) is 2.00. The van der Waals surface area contributed by atoms with Crippen LogP contribution in [0.3, 0.4) is 0 Å². The van der Waals surface area contributed by atoms with E-state index in [2.05, 4.69) is 5.10 Å². The van der Waals surface area contributed by atoms with E-state index in [9.17, 15) is 13.2 Å². The lowest BCUT2D eigenvalue weighted by Gasteiger charge is -2.00. The highest BCUT2D eigenvalue weighted by molar-refractivity contribution is 7.89. The molecule has 0 amide bonds. The Hall–Kier alpha value is -2.13. The Kier molecular flexibility index (Phi) is 2.71. The van der Waals surface area contributed by atoms with Gasteiger partial charge in [-0.25, -0.2) is 13.6 Å². The van der Waals surface area contributed by atoms with E-state index >= 15 is 0 Å². The first-order chi connectivity index (χ1) is 8.30. The summed E-state index contributed by atoms with van der Waals surface area (Å²) in [4.78, 5) is 11.9. The van der Waals surface area contributed by atoms with E-state index < -0.39 is 21.0 Å². The van der Waals surface area contributed by atoms with Crippen LogP contribution in [-0.4, -0.2) is 24.1 Å². The molecule has 2 aromatic heterocycles. The number of furan rings is 1. The van der Waals surface area contributed by atoms with E-state index in [4.69, 9.17) is 15.3 Å². The number of nitrogens with zero attached hydrogens (tertiary/aromatic N) is 2. The van der Waals surface area contributed by atoms with Crippen molar-refractivity contribution in [2.24, 2.45) is 5.14 Å².